The van der Waals surface area contributed by atoms with Crippen molar-refractivity contribution in [2.45, 2.75) is 18.9 Å². The number of amidine groups is 1. The maximum absolute atomic E-state index is 11.9. The van der Waals surface area contributed by atoms with Crippen LogP contribution in [0.2, 0.25) is 0 Å². The van der Waals surface area contributed by atoms with Crippen molar-refractivity contribution in [3.63, 3.8) is 0 Å². The fraction of sp³-hybridized carbons (Fsp3) is 0.188. The number of pyridine rings is 1. The first-order valence-electron chi connectivity index (χ1n) is 6.91. The van der Waals surface area contributed by atoms with Gasteiger partial charge in [-0.1, -0.05) is 30.3 Å². The Bertz CT molecular complexity index is 640. The third-order valence-corrected chi connectivity index (χ3v) is 3.39. The predicted octanol–water partition coefficient (Wildman–Crippen LogP) is 2.25. The zero-order chi connectivity index (χ0) is 14.5. The predicted molar refractivity (Wildman–Crippen MR) is 80.7 cm³/mol. The number of benzene rings is 1. The largest absolute Gasteiger partial charge is 0.285 e. The van der Waals surface area contributed by atoms with Gasteiger partial charge in [0, 0.05) is 18.8 Å². The number of nitrogens with one attached hydrogen (secondary N) is 2. The van der Waals surface area contributed by atoms with Gasteiger partial charge in [-0.3, -0.25) is 25.6 Å². The molecule has 0 aliphatic carbocycles. The summed E-state index contributed by atoms with van der Waals surface area (Å²) < 4.78 is 0. The van der Waals surface area contributed by atoms with E-state index in [-0.39, 0.29) is 11.9 Å². The topological polar surface area (TPSA) is 66.4 Å². The minimum Gasteiger partial charge on any atom is -0.285 e. The van der Waals surface area contributed by atoms with Gasteiger partial charge in [-0.15, -0.1) is 0 Å². The quantitative estimate of drug-likeness (QED) is 0.829. The molecule has 0 bridgehead atoms. The standard InChI is InChI=1S/C16H16N4O/c21-16(13-7-4-10-17-11-13)20-19-15-9-8-14(18-15)12-5-2-1-3-6-12/h1-7,10-11,14H,8-9H2,(H,18,19)(H,20,21). The van der Waals surface area contributed by atoms with Gasteiger partial charge in [0.1, 0.15) is 5.84 Å². The smallest absolute Gasteiger partial charge is 0.271 e. The van der Waals surface area contributed by atoms with E-state index in [1.54, 1.807) is 18.3 Å². The molecule has 0 spiro atoms. The average molecular weight is 280 g/mol. The minimum absolute atomic E-state index is 0.170. The number of nitrogens with zero attached hydrogens (tertiary/aromatic N) is 2. The van der Waals surface area contributed by atoms with Gasteiger partial charge in [-0.05, 0) is 24.1 Å². The third-order valence-electron chi connectivity index (χ3n) is 3.39. The van der Waals surface area contributed by atoms with E-state index in [1.807, 2.05) is 18.2 Å². The molecule has 5 heteroatoms. The van der Waals surface area contributed by atoms with Crippen LogP contribution in [0, 0.1) is 0 Å². The van der Waals surface area contributed by atoms with E-state index in [2.05, 4.69) is 33.0 Å². The lowest BCUT2D eigenvalue weighted by Crippen LogP contribution is -2.40. The molecule has 3 rings (SSSR count). The van der Waals surface area contributed by atoms with E-state index in [0.29, 0.717) is 5.56 Å². The first kappa shape index (κ1) is 13.3. The average Bonchev–Trinajstić information content (AvgIpc) is 3.03. The van der Waals surface area contributed by atoms with Gasteiger partial charge in [0.05, 0.1) is 11.6 Å². The molecule has 1 atom stereocenters. The number of hydrogen-bond acceptors (Lipinski definition) is 4. The Hall–Kier alpha value is -2.69. The van der Waals surface area contributed by atoms with Crippen LogP contribution in [0.1, 0.15) is 34.8 Å². The molecule has 0 saturated heterocycles. The number of hydrazine groups is 1. The maximum Gasteiger partial charge on any atom is 0.271 e. The molecule has 1 aliphatic heterocycles. The molecule has 0 fully saturated rings. The van der Waals surface area contributed by atoms with Crippen LogP contribution in [-0.4, -0.2) is 16.7 Å². The zero-order valence-electron chi connectivity index (χ0n) is 11.5. The summed E-state index contributed by atoms with van der Waals surface area (Å²) in [7, 11) is 0. The molecule has 1 unspecified atom stereocenters. The highest BCUT2D eigenvalue weighted by Gasteiger charge is 2.19. The maximum atomic E-state index is 11.9. The molecule has 1 amide bonds. The molecule has 2 N–H and O–H groups in total. The second kappa shape index (κ2) is 6.17. The van der Waals surface area contributed by atoms with Gasteiger partial charge >= 0.3 is 0 Å². The van der Waals surface area contributed by atoms with Crippen LogP contribution in [0.5, 0.6) is 0 Å². The fourth-order valence-electron chi connectivity index (χ4n) is 2.30. The van der Waals surface area contributed by atoms with Crippen LogP contribution < -0.4 is 10.9 Å². The normalized spacial score (nSPS) is 17.1. The van der Waals surface area contributed by atoms with E-state index >= 15 is 0 Å². The fourth-order valence-corrected chi connectivity index (χ4v) is 2.30. The van der Waals surface area contributed by atoms with E-state index in [4.69, 9.17) is 0 Å². The molecule has 2 heterocycles. The number of aromatic nitrogens is 1. The highest BCUT2D eigenvalue weighted by Crippen LogP contribution is 2.27. The van der Waals surface area contributed by atoms with Gasteiger partial charge in [-0.2, -0.15) is 0 Å². The lowest BCUT2D eigenvalue weighted by atomic mass is 10.1. The minimum atomic E-state index is -0.214. The Labute approximate surface area is 123 Å². The molecule has 5 nitrogen and oxygen atoms in total. The van der Waals surface area contributed by atoms with E-state index in [0.717, 1.165) is 18.7 Å². The number of amides is 1. The lowest BCUT2D eigenvalue weighted by Gasteiger charge is -2.07. The Morgan fingerprint density at radius 2 is 2.00 bits per heavy atom. The molecule has 0 saturated carbocycles. The van der Waals surface area contributed by atoms with E-state index in [1.165, 1.54) is 11.8 Å². The summed E-state index contributed by atoms with van der Waals surface area (Å²) in [6.07, 6.45) is 4.94. The van der Waals surface area contributed by atoms with Crippen LogP contribution in [0.15, 0.2) is 59.9 Å². The summed E-state index contributed by atoms with van der Waals surface area (Å²) in [6.45, 7) is 0. The van der Waals surface area contributed by atoms with Crippen molar-refractivity contribution in [2.75, 3.05) is 0 Å². The summed E-state index contributed by atoms with van der Waals surface area (Å²) in [5, 5.41) is 0. The van der Waals surface area contributed by atoms with Gasteiger partial charge < -0.3 is 0 Å². The zero-order valence-corrected chi connectivity index (χ0v) is 11.5. The van der Waals surface area contributed by atoms with Crippen molar-refractivity contribution in [1.29, 1.82) is 0 Å². The van der Waals surface area contributed by atoms with Gasteiger partial charge in [-0.25, -0.2) is 0 Å². The highest BCUT2D eigenvalue weighted by molar-refractivity contribution is 5.95. The molecular formula is C16H16N4O. The van der Waals surface area contributed by atoms with Crippen LogP contribution in [0.25, 0.3) is 0 Å². The van der Waals surface area contributed by atoms with Crippen LogP contribution >= 0.6 is 0 Å². The Morgan fingerprint density at radius 3 is 2.76 bits per heavy atom. The second-order valence-corrected chi connectivity index (χ2v) is 4.86. The Kier molecular flexibility index (Phi) is 3.91. The summed E-state index contributed by atoms with van der Waals surface area (Å²) >= 11 is 0. The van der Waals surface area contributed by atoms with Crippen LogP contribution in [-0.2, 0) is 0 Å². The Balaban J connectivity index is 1.58. The summed E-state index contributed by atoms with van der Waals surface area (Å²) in [6, 6.07) is 13.8. The highest BCUT2D eigenvalue weighted by atomic mass is 16.2. The van der Waals surface area contributed by atoms with Gasteiger partial charge in [0.25, 0.3) is 5.91 Å². The van der Waals surface area contributed by atoms with Crippen molar-refractivity contribution < 1.29 is 4.79 Å². The van der Waals surface area contributed by atoms with Gasteiger partial charge in [0.15, 0.2) is 0 Å². The number of carbonyl (C=O) groups excluding carboxylic acids is 1. The SMILES string of the molecule is O=C(NNC1=NC(c2ccccc2)CC1)c1cccnc1. The van der Waals surface area contributed by atoms with Crippen molar-refractivity contribution in [1.82, 2.24) is 15.8 Å². The number of aliphatic imine (C=N–C) groups is 1. The summed E-state index contributed by atoms with van der Waals surface area (Å²) in [5.41, 5.74) is 7.27. The Morgan fingerprint density at radius 1 is 1.14 bits per heavy atom. The van der Waals surface area contributed by atoms with E-state index in [9.17, 15) is 4.79 Å². The van der Waals surface area contributed by atoms with Crippen molar-refractivity contribution in [3.05, 3.63) is 66.0 Å². The first-order chi connectivity index (χ1) is 10.3. The van der Waals surface area contributed by atoms with E-state index < -0.39 is 0 Å². The first-order valence-corrected chi connectivity index (χ1v) is 6.91. The van der Waals surface area contributed by atoms with Crippen LogP contribution in [0.4, 0.5) is 0 Å². The monoisotopic (exact) mass is 280 g/mol. The lowest BCUT2D eigenvalue weighted by molar-refractivity contribution is 0.0943. The molecule has 0 radical (unpaired) electrons. The van der Waals surface area contributed by atoms with Crippen molar-refractivity contribution >= 4 is 11.7 Å². The molecule has 21 heavy (non-hydrogen) atoms. The molecular weight excluding hydrogens is 264 g/mol. The van der Waals surface area contributed by atoms with Crippen molar-refractivity contribution in [2.24, 2.45) is 4.99 Å². The van der Waals surface area contributed by atoms with Gasteiger partial charge in [0.2, 0.25) is 0 Å². The number of rotatable bonds is 2. The molecule has 106 valence electrons. The second-order valence-electron chi connectivity index (χ2n) is 4.86. The molecule has 1 aromatic carbocycles. The number of carbonyl (C=O) groups is 1. The molecule has 1 aliphatic rings. The summed E-state index contributed by atoms with van der Waals surface area (Å²) in [5.74, 6) is 0.593. The molecule has 2 aromatic rings. The molecule has 1 aromatic heterocycles. The summed E-state index contributed by atoms with van der Waals surface area (Å²) in [4.78, 5) is 20.4. The van der Waals surface area contributed by atoms with Crippen LogP contribution in [0.3, 0.4) is 0 Å². The van der Waals surface area contributed by atoms with Crippen molar-refractivity contribution in [3.8, 4) is 0 Å². The number of hydrogen-bond donors (Lipinski definition) is 2. The third kappa shape index (κ3) is 3.25.